The fraction of sp³-hybridized carbons (Fsp3) is 0.324. The number of rotatable bonds is 15. The molecular formula is C37H41N9O8S. The van der Waals surface area contributed by atoms with Crippen molar-refractivity contribution in [2.75, 3.05) is 32.2 Å². The highest BCUT2D eigenvalue weighted by atomic mass is 32.1. The zero-order valence-electron chi connectivity index (χ0n) is 30.7. The van der Waals surface area contributed by atoms with Gasteiger partial charge in [0.25, 0.3) is 11.8 Å². The van der Waals surface area contributed by atoms with Crippen LogP contribution >= 0.6 is 11.3 Å². The van der Waals surface area contributed by atoms with Crippen LogP contribution in [0.5, 0.6) is 11.5 Å². The van der Waals surface area contributed by atoms with E-state index in [1.54, 1.807) is 39.8 Å². The molecule has 0 fully saturated rings. The Hall–Kier alpha value is -6.27. The van der Waals surface area contributed by atoms with Crippen molar-refractivity contribution in [2.24, 2.45) is 16.5 Å². The largest absolute Gasteiger partial charge is 0.497 e. The van der Waals surface area contributed by atoms with Crippen molar-refractivity contribution in [3.05, 3.63) is 81.1 Å². The number of hydrogen-bond donors (Lipinski definition) is 4. The average molecular weight is 772 g/mol. The molecule has 0 spiro atoms. The van der Waals surface area contributed by atoms with E-state index in [2.05, 4.69) is 20.4 Å². The Balaban J connectivity index is 1.43. The second kappa shape index (κ2) is 16.4. The molecule has 5 aromatic rings. The summed E-state index contributed by atoms with van der Waals surface area (Å²) in [5, 5.41) is 16.7. The number of thiazole rings is 1. The van der Waals surface area contributed by atoms with Crippen LogP contribution < -0.4 is 31.1 Å². The summed E-state index contributed by atoms with van der Waals surface area (Å²) in [7, 11) is 1.47. The molecule has 288 valence electrons. The first-order chi connectivity index (χ1) is 26.4. The number of ether oxygens (including phenoxy) is 3. The molecule has 0 unspecified atom stereocenters. The van der Waals surface area contributed by atoms with Crippen LogP contribution in [0, 0.1) is 6.92 Å². The third kappa shape index (κ3) is 8.00. The second-order valence-corrected chi connectivity index (χ2v) is 13.5. The number of aryl methyl sites for hydroxylation is 2. The molecule has 0 aliphatic carbocycles. The van der Waals surface area contributed by atoms with Gasteiger partial charge in [-0.05, 0) is 51.1 Å². The van der Waals surface area contributed by atoms with Crippen LogP contribution in [-0.2, 0) is 29.2 Å². The summed E-state index contributed by atoms with van der Waals surface area (Å²) in [6, 6.07) is 7.87. The van der Waals surface area contributed by atoms with Crippen molar-refractivity contribution in [3.8, 4) is 11.5 Å². The first-order valence-corrected chi connectivity index (χ1v) is 18.3. The number of carbonyl (C=O) groups excluding carboxylic acids is 4. The van der Waals surface area contributed by atoms with E-state index in [1.807, 2.05) is 19.1 Å². The number of nitrogens with two attached hydrogens (primary N) is 2. The Bertz CT molecular complexity index is 2470. The molecule has 4 amide bonds. The highest BCUT2D eigenvalue weighted by Crippen LogP contribution is 2.33. The fourth-order valence-corrected chi connectivity index (χ4v) is 7.30. The van der Waals surface area contributed by atoms with E-state index in [9.17, 15) is 24.3 Å². The number of benzene rings is 2. The molecule has 0 atom stereocenters. The lowest BCUT2D eigenvalue weighted by molar-refractivity contribution is -0.113. The highest BCUT2D eigenvalue weighted by Gasteiger charge is 2.24. The third-order valence-electron chi connectivity index (χ3n) is 8.85. The number of nitrogens with zero attached hydrogens (tertiary/aromatic N) is 6. The first-order valence-electron chi connectivity index (χ1n) is 17.4. The van der Waals surface area contributed by atoms with Gasteiger partial charge in [-0.2, -0.15) is 10.1 Å². The molecule has 55 heavy (non-hydrogen) atoms. The SMILES string of the molecule is CCn1nc(C)cc1C(=O)/N=c1\sc2cc(C(N)=O)cc(OC)c2n1C/C=C/Cn1c(NC(=O)C2=C(C)OCC2)nc2cc(C(N)=O)cc(OCCCO)c21. The van der Waals surface area contributed by atoms with Gasteiger partial charge in [0.1, 0.15) is 34.0 Å². The molecule has 4 heterocycles. The number of allylic oxidation sites excluding steroid dienone is 3. The predicted molar refractivity (Wildman–Crippen MR) is 204 cm³/mol. The van der Waals surface area contributed by atoms with Crippen LogP contribution in [0.15, 0.2) is 58.8 Å². The molecule has 1 aliphatic rings. The number of nitrogens with one attached hydrogen (secondary N) is 1. The van der Waals surface area contributed by atoms with E-state index in [0.29, 0.717) is 80.5 Å². The molecule has 0 saturated carbocycles. The van der Waals surface area contributed by atoms with Gasteiger partial charge in [-0.3, -0.25) is 29.2 Å². The number of methoxy groups -OCH3 is 1. The highest BCUT2D eigenvalue weighted by molar-refractivity contribution is 7.16. The molecule has 0 bridgehead atoms. The van der Waals surface area contributed by atoms with Crippen LogP contribution in [0.3, 0.4) is 0 Å². The fourth-order valence-electron chi connectivity index (χ4n) is 6.21. The number of carbonyl (C=O) groups is 4. The van der Waals surface area contributed by atoms with Gasteiger partial charge < -0.3 is 39.9 Å². The zero-order chi connectivity index (χ0) is 39.4. The van der Waals surface area contributed by atoms with E-state index in [-0.39, 0.29) is 55.0 Å². The van der Waals surface area contributed by atoms with E-state index < -0.39 is 17.7 Å². The second-order valence-electron chi connectivity index (χ2n) is 12.5. The summed E-state index contributed by atoms with van der Waals surface area (Å²) in [6.07, 6.45) is 4.45. The quantitative estimate of drug-likeness (QED) is 0.0897. The monoisotopic (exact) mass is 771 g/mol. The molecule has 1 aliphatic heterocycles. The van der Waals surface area contributed by atoms with E-state index >= 15 is 0 Å². The first kappa shape index (κ1) is 38.5. The number of imidazole rings is 1. The number of fused-ring (bicyclic) bond motifs is 2. The topological polar surface area (TPSA) is 233 Å². The number of aromatic nitrogens is 5. The molecule has 3 aromatic heterocycles. The van der Waals surface area contributed by atoms with Crippen LogP contribution in [0.25, 0.3) is 21.3 Å². The molecule has 0 radical (unpaired) electrons. The van der Waals surface area contributed by atoms with Crippen LogP contribution in [0.4, 0.5) is 5.95 Å². The Morgan fingerprint density at radius 3 is 2.38 bits per heavy atom. The minimum absolute atomic E-state index is 0.107. The van der Waals surface area contributed by atoms with Gasteiger partial charge in [0.2, 0.25) is 17.8 Å². The smallest absolute Gasteiger partial charge is 0.297 e. The summed E-state index contributed by atoms with van der Waals surface area (Å²) < 4.78 is 22.9. The number of aliphatic hydroxyl groups is 1. The van der Waals surface area contributed by atoms with Gasteiger partial charge >= 0.3 is 0 Å². The summed E-state index contributed by atoms with van der Waals surface area (Å²) in [6.45, 7) is 6.68. The Kier molecular flexibility index (Phi) is 11.5. The normalized spacial score (nSPS) is 13.3. The maximum atomic E-state index is 13.5. The molecule has 2 aromatic carbocycles. The van der Waals surface area contributed by atoms with Crippen molar-refractivity contribution in [1.29, 1.82) is 0 Å². The van der Waals surface area contributed by atoms with Gasteiger partial charge in [0.05, 0.1) is 41.8 Å². The number of primary amides is 2. The van der Waals surface area contributed by atoms with Crippen molar-refractivity contribution >= 4 is 62.2 Å². The van der Waals surface area contributed by atoms with Crippen LogP contribution in [-0.4, -0.2) is 79.6 Å². The Labute approximate surface area is 318 Å². The number of amides is 4. The average Bonchev–Trinajstić information content (AvgIpc) is 3.93. The van der Waals surface area contributed by atoms with Gasteiger partial charge in [-0.25, -0.2) is 4.98 Å². The summed E-state index contributed by atoms with van der Waals surface area (Å²) >= 11 is 1.20. The predicted octanol–water partition coefficient (Wildman–Crippen LogP) is 3.18. The van der Waals surface area contributed by atoms with Crippen molar-refractivity contribution < 1.29 is 38.5 Å². The summed E-state index contributed by atoms with van der Waals surface area (Å²) in [5.74, 6) is -0.845. The minimum Gasteiger partial charge on any atom is -0.497 e. The summed E-state index contributed by atoms with van der Waals surface area (Å²) in [4.78, 5) is 60.9. The number of anilines is 1. The van der Waals surface area contributed by atoms with Crippen molar-refractivity contribution in [1.82, 2.24) is 23.9 Å². The number of hydrogen-bond acceptors (Lipinski definition) is 11. The van der Waals surface area contributed by atoms with Gasteiger partial charge in [-0.15, -0.1) is 0 Å². The molecule has 0 saturated heterocycles. The lowest BCUT2D eigenvalue weighted by Crippen LogP contribution is -2.19. The van der Waals surface area contributed by atoms with E-state index in [1.165, 1.54) is 36.6 Å². The maximum absolute atomic E-state index is 13.5. The van der Waals surface area contributed by atoms with Crippen molar-refractivity contribution in [3.63, 3.8) is 0 Å². The molecular weight excluding hydrogens is 731 g/mol. The molecule has 18 heteroatoms. The minimum atomic E-state index is -0.690. The van der Waals surface area contributed by atoms with Crippen LogP contribution in [0.1, 0.15) is 63.6 Å². The lowest BCUT2D eigenvalue weighted by Gasteiger charge is -2.13. The maximum Gasteiger partial charge on any atom is 0.297 e. The lowest BCUT2D eigenvalue weighted by atomic mass is 10.1. The molecule has 6 N–H and O–H groups in total. The third-order valence-corrected chi connectivity index (χ3v) is 9.88. The van der Waals surface area contributed by atoms with Gasteiger partial charge in [-0.1, -0.05) is 23.5 Å². The van der Waals surface area contributed by atoms with Gasteiger partial charge in [0.15, 0.2) is 4.80 Å². The van der Waals surface area contributed by atoms with Crippen LogP contribution in [0.2, 0.25) is 0 Å². The zero-order valence-corrected chi connectivity index (χ0v) is 31.6. The molecule has 6 rings (SSSR count). The van der Waals surface area contributed by atoms with E-state index in [0.717, 1.165) is 0 Å². The number of aliphatic hydroxyl groups excluding tert-OH is 1. The molecule has 17 nitrogen and oxygen atoms in total. The summed E-state index contributed by atoms with van der Waals surface area (Å²) in [5.41, 5.74) is 14.6. The Morgan fingerprint density at radius 2 is 1.73 bits per heavy atom. The van der Waals surface area contributed by atoms with Gasteiger partial charge in [0, 0.05) is 50.2 Å². The van der Waals surface area contributed by atoms with E-state index in [4.69, 9.17) is 25.7 Å². The Morgan fingerprint density at radius 1 is 1.02 bits per heavy atom. The standard InChI is InChI=1S/C37H41N9O8S/c1-5-46-26(15-20(2)43-46)35(51)42-37-45(31-27(52-4)17-23(33(39)49)19-29(31)55-37)11-7-6-10-44-30-25(16-22(32(38)48)18-28(30)54-13-8-12-47)40-36(44)41-34(50)24-9-14-53-21(24)3/h6-7,15-19,47H,5,8-14H2,1-4H3,(H2,38,48)(H2,39,49)(H,40,41,50)/b7-6+,42-37-. The van der Waals surface area contributed by atoms with Crippen molar-refractivity contribution in [2.45, 2.75) is 53.2 Å².